The molecular formula is C10H10O3S2. The minimum Gasteiger partial charge on any atom is -0.497 e. The largest absolute Gasteiger partial charge is 0.497 e. The van der Waals surface area contributed by atoms with Crippen molar-refractivity contribution >= 4 is 32.5 Å². The minimum absolute atomic E-state index is 0.512. The van der Waals surface area contributed by atoms with Gasteiger partial charge in [0.25, 0.3) is 0 Å². The van der Waals surface area contributed by atoms with E-state index in [0.717, 1.165) is 21.4 Å². The molecule has 1 unspecified atom stereocenters. The molecule has 0 saturated heterocycles. The second kappa shape index (κ2) is 3.92. The Labute approximate surface area is 94.0 Å². The number of hydrogen-bond acceptors (Lipinski definition) is 3. The Morgan fingerprint density at radius 2 is 2.20 bits per heavy atom. The van der Waals surface area contributed by atoms with E-state index in [1.54, 1.807) is 7.11 Å². The van der Waals surface area contributed by atoms with Crippen LogP contribution in [0.3, 0.4) is 0 Å². The lowest BCUT2D eigenvalue weighted by atomic mass is 10.2. The molecular weight excluding hydrogens is 232 g/mol. The van der Waals surface area contributed by atoms with E-state index >= 15 is 0 Å². The van der Waals surface area contributed by atoms with Crippen LogP contribution in [-0.2, 0) is 11.1 Å². The molecule has 0 fully saturated rings. The molecule has 1 aromatic heterocycles. The fourth-order valence-corrected chi connectivity index (χ4v) is 3.37. The van der Waals surface area contributed by atoms with E-state index in [-0.39, 0.29) is 0 Å². The summed E-state index contributed by atoms with van der Waals surface area (Å²) >= 11 is -0.573. The van der Waals surface area contributed by atoms with Crippen molar-refractivity contribution in [1.29, 1.82) is 0 Å². The van der Waals surface area contributed by atoms with Crippen molar-refractivity contribution in [2.45, 2.75) is 11.1 Å². The summed E-state index contributed by atoms with van der Waals surface area (Å²) in [4.78, 5) is 0. The molecule has 0 bridgehead atoms. The fraction of sp³-hybridized carbons (Fsp3) is 0.200. The summed E-state index contributed by atoms with van der Waals surface area (Å²) in [7, 11) is 1.60. The maximum absolute atomic E-state index is 11.0. The zero-order valence-electron chi connectivity index (χ0n) is 8.31. The molecule has 0 radical (unpaired) electrons. The van der Waals surface area contributed by atoms with Crippen LogP contribution < -0.4 is 4.74 Å². The molecule has 0 saturated carbocycles. The van der Waals surface area contributed by atoms with E-state index < -0.39 is 11.1 Å². The van der Waals surface area contributed by atoms with E-state index in [2.05, 4.69) is 0 Å². The molecule has 5 heteroatoms. The smallest absolute Gasteiger partial charge is 0.197 e. The molecule has 0 aliphatic carbocycles. The quantitative estimate of drug-likeness (QED) is 0.824. The van der Waals surface area contributed by atoms with Gasteiger partial charge in [-0.3, -0.25) is 0 Å². The third-order valence-electron chi connectivity index (χ3n) is 2.26. The van der Waals surface area contributed by atoms with Crippen LogP contribution in [0.5, 0.6) is 5.75 Å². The Morgan fingerprint density at radius 3 is 2.80 bits per heavy atom. The van der Waals surface area contributed by atoms with Crippen molar-refractivity contribution in [2.75, 3.05) is 7.11 Å². The van der Waals surface area contributed by atoms with Gasteiger partial charge in [-0.25, -0.2) is 4.21 Å². The summed E-state index contributed by atoms with van der Waals surface area (Å²) < 4.78 is 26.7. The number of ether oxygens (including phenoxy) is 1. The topological polar surface area (TPSA) is 46.5 Å². The summed E-state index contributed by atoms with van der Waals surface area (Å²) in [5.74, 6) is 0.763. The van der Waals surface area contributed by atoms with Crippen molar-refractivity contribution < 1.29 is 13.5 Å². The predicted molar refractivity (Wildman–Crippen MR) is 62.2 cm³/mol. The van der Waals surface area contributed by atoms with Crippen LogP contribution in [0.25, 0.3) is 10.1 Å². The second-order valence-corrected chi connectivity index (χ2v) is 5.34. The highest BCUT2D eigenvalue weighted by atomic mass is 32.2. The number of aryl methyl sites for hydroxylation is 1. The van der Waals surface area contributed by atoms with Gasteiger partial charge in [-0.1, -0.05) is 0 Å². The number of fused-ring (bicyclic) bond motifs is 1. The lowest BCUT2D eigenvalue weighted by molar-refractivity contribution is 0.415. The first kappa shape index (κ1) is 10.6. The van der Waals surface area contributed by atoms with Gasteiger partial charge in [0.1, 0.15) is 9.96 Å². The van der Waals surface area contributed by atoms with E-state index in [4.69, 9.17) is 9.29 Å². The molecule has 1 heterocycles. The molecule has 0 aliphatic heterocycles. The third kappa shape index (κ3) is 1.78. The van der Waals surface area contributed by atoms with E-state index in [0.29, 0.717) is 4.21 Å². The summed E-state index contributed by atoms with van der Waals surface area (Å²) in [6.45, 7) is 1.86. The number of hydrogen-bond donors (Lipinski definition) is 1. The van der Waals surface area contributed by atoms with Crippen molar-refractivity contribution in [3.05, 3.63) is 23.8 Å². The van der Waals surface area contributed by atoms with Crippen molar-refractivity contribution in [2.24, 2.45) is 0 Å². The van der Waals surface area contributed by atoms with Crippen LogP contribution in [-0.4, -0.2) is 15.9 Å². The normalized spacial score (nSPS) is 13.0. The predicted octanol–water partition coefficient (Wildman–Crippen LogP) is 2.80. The van der Waals surface area contributed by atoms with E-state index in [1.165, 1.54) is 11.3 Å². The van der Waals surface area contributed by atoms with E-state index in [1.807, 2.05) is 25.1 Å². The van der Waals surface area contributed by atoms with Gasteiger partial charge in [0, 0.05) is 4.70 Å². The van der Waals surface area contributed by atoms with Gasteiger partial charge < -0.3 is 9.29 Å². The summed E-state index contributed by atoms with van der Waals surface area (Å²) in [5.41, 5.74) is 0.874. The Hall–Kier alpha value is -0.910. The molecule has 2 rings (SSSR count). The number of thiophene rings is 1. The highest BCUT2D eigenvalue weighted by Gasteiger charge is 2.12. The Balaban J connectivity index is 2.70. The first-order chi connectivity index (χ1) is 7.13. The molecule has 1 N–H and O–H groups in total. The van der Waals surface area contributed by atoms with Crippen molar-refractivity contribution in [3.63, 3.8) is 0 Å². The van der Waals surface area contributed by atoms with E-state index in [9.17, 15) is 4.21 Å². The number of benzene rings is 1. The van der Waals surface area contributed by atoms with Crippen LogP contribution >= 0.6 is 11.3 Å². The molecule has 0 amide bonds. The lowest BCUT2D eigenvalue weighted by Crippen LogP contribution is -1.85. The van der Waals surface area contributed by atoms with Crippen LogP contribution in [0.2, 0.25) is 0 Å². The van der Waals surface area contributed by atoms with Crippen molar-refractivity contribution in [3.8, 4) is 5.75 Å². The highest BCUT2D eigenvalue weighted by Crippen LogP contribution is 2.34. The molecule has 0 aliphatic rings. The molecule has 80 valence electrons. The molecule has 15 heavy (non-hydrogen) atoms. The van der Waals surface area contributed by atoms with Gasteiger partial charge in [-0.2, -0.15) is 0 Å². The Bertz CT molecular complexity index is 531. The zero-order valence-corrected chi connectivity index (χ0v) is 9.95. The number of methoxy groups -OCH3 is 1. The second-order valence-electron chi connectivity index (χ2n) is 3.13. The maximum atomic E-state index is 11.0. The Morgan fingerprint density at radius 1 is 1.47 bits per heavy atom. The molecule has 0 spiro atoms. The molecule has 2 aromatic rings. The van der Waals surface area contributed by atoms with Crippen LogP contribution in [0, 0.1) is 6.92 Å². The average Bonchev–Trinajstić information content (AvgIpc) is 2.55. The monoisotopic (exact) mass is 242 g/mol. The minimum atomic E-state index is -1.90. The Kier molecular flexibility index (Phi) is 2.77. The van der Waals surface area contributed by atoms with Crippen LogP contribution in [0.15, 0.2) is 22.4 Å². The maximum Gasteiger partial charge on any atom is 0.197 e. The number of rotatable bonds is 2. The fourth-order valence-electron chi connectivity index (χ4n) is 1.48. The first-order valence-corrected chi connectivity index (χ1v) is 6.24. The van der Waals surface area contributed by atoms with Crippen LogP contribution in [0.1, 0.15) is 5.56 Å². The van der Waals surface area contributed by atoms with Gasteiger partial charge in [-0.05, 0) is 36.1 Å². The molecule has 1 atom stereocenters. The highest BCUT2D eigenvalue weighted by molar-refractivity contribution is 7.82. The van der Waals surface area contributed by atoms with Gasteiger partial charge in [0.05, 0.1) is 7.11 Å². The van der Waals surface area contributed by atoms with Crippen molar-refractivity contribution in [1.82, 2.24) is 0 Å². The van der Waals surface area contributed by atoms with Gasteiger partial charge in [0.15, 0.2) is 11.1 Å². The zero-order chi connectivity index (χ0) is 11.0. The standard InChI is InChI=1S/C10H10O3S2/c1-6-8-4-3-7(13-2)5-9(8)14-10(6)15(11)12/h3-5H,1-2H3,(H,11,12). The molecule has 1 aromatic carbocycles. The van der Waals surface area contributed by atoms with Crippen LogP contribution in [0.4, 0.5) is 0 Å². The van der Waals surface area contributed by atoms with Gasteiger partial charge >= 0.3 is 0 Å². The van der Waals surface area contributed by atoms with Gasteiger partial charge in [-0.15, -0.1) is 11.3 Å². The summed E-state index contributed by atoms with van der Waals surface area (Å²) in [5, 5.41) is 1.01. The lowest BCUT2D eigenvalue weighted by Gasteiger charge is -1.98. The average molecular weight is 242 g/mol. The molecule has 3 nitrogen and oxygen atoms in total. The first-order valence-electron chi connectivity index (χ1n) is 4.31. The van der Waals surface area contributed by atoms with Gasteiger partial charge in [0.2, 0.25) is 0 Å². The SMILES string of the molecule is COc1ccc2c(C)c(S(=O)O)sc2c1. The third-order valence-corrected chi connectivity index (χ3v) is 4.61. The summed E-state index contributed by atoms with van der Waals surface area (Å²) in [6.07, 6.45) is 0. The summed E-state index contributed by atoms with van der Waals surface area (Å²) in [6, 6.07) is 5.64.